The average molecular weight is 401 g/mol. The van der Waals surface area contributed by atoms with Crippen molar-refractivity contribution >= 4 is 0 Å². The quantitative estimate of drug-likeness (QED) is 0.470. The molecule has 3 saturated carbocycles. The van der Waals surface area contributed by atoms with Gasteiger partial charge in [-0.05, 0) is 104 Å². The van der Waals surface area contributed by atoms with E-state index < -0.39 is 0 Å². The SMILES string of the molecule is CC(C)[C@H](C)CC[C@@H](C)C1CCC2C3CC=C4C[C@@H](O)CCC4(C)C3CC[C@@]21C. The van der Waals surface area contributed by atoms with E-state index in [1.165, 1.54) is 51.4 Å². The maximum atomic E-state index is 10.2. The minimum Gasteiger partial charge on any atom is -0.393 e. The summed E-state index contributed by atoms with van der Waals surface area (Å²) in [5, 5.41) is 10.2. The van der Waals surface area contributed by atoms with Crippen LogP contribution in [0.25, 0.3) is 0 Å². The molecule has 1 N–H and O–H groups in total. The van der Waals surface area contributed by atoms with E-state index in [4.69, 9.17) is 0 Å². The van der Waals surface area contributed by atoms with Crippen molar-refractivity contribution in [2.75, 3.05) is 0 Å². The first-order valence-corrected chi connectivity index (χ1v) is 13.0. The molecule has 0 radical (unpaired) electrons. The molecule has 1 heteroatoms. The van der Waals surface area contributed by atoms with Crippen molar-refractivity contribution in [2.24, 2.45) is 52.3 Å². The molecule has 0 aliphatic heterocycles. The molecule has 4 aliphatic rings. The largest absolute Gasteiger partial charge is 0.393 e. The van der Waals surface area contributed by atoms with Crippen LogP contribution in [0, 0.1) is 52.3 Å². The summed E-state index contributed by atoms with van der Waals surface area (Å²) in [4.78, 5) is 0. The van der Waals surface area contributed by atoms with E-state index in [1.54, 1.807) is 5.57 Å². The lowest BCUT2D eigenvalue weighted by Gasteiger charge is -2.58. The third-order valence-corrected chi connectivity index (χ3v) is 11.1. The highest BCUT2D eigenvalue weighted by atomic mass is 16.3. The smallest absolute Gasteiger partial charge is 0.0577 e. The second kappa shape index (κ2) is 7.99. The fourth-order valence-electron chi connectivity index (χ4n) is 8.68. The molecular weight excluding hydrogens is 352 g/mol. The zero-order chi connectivity index (χ0) is 21.0. The van der Waals surface area contributed by atoms with Gasteiger partial charge < -0.3 is 5.11 Å². The number of rotatable bonds is 5. The van der Waals surface area contributed by atoms with E-state index in [9.17, 15) is 5.11 Å². The Morgan fingerprint density at radius 3 is 2.45 bits per heavy atom. The molecule has 0 saturated heterocycles. The maximum Gasteiger partial charge on any atom is 0.0577 e. The van der Waals surface area contributed by atoms with Crippen molar-refractivity contribution in [3.8, 4) is 0 Å². The molecule has 0 bridgehead atoms. The van der Waals surface area contributed by atoms with Crippen LogP contribution < -0.4 is 0 Å². The highest BCUT2D eigenvalue weighted by Crippen LogP contribution is 2.67. The van der Waals surface area contributed by atoms with Gasteiger partial charge >= 0.3 is 0 Å². The van der Waals surface area contributed by atoms with Gasteiger partial charge in [-0.3, -0.25) is 0 Å². The molecule has 166 valence electrons. The Morgan fingerprint density at radius 2 is 1.72 bits per heavy atom. The molecule has 0 aromatic carbocycles. The molecule has 0 heterocycles. The molecule has 0 aromatic heterocycles. The van der Waals surface area contributed by atoms with Crippen LogP contribution in [-0.2, 0) is 0 Å². The van der Waals surface area contributed by atoms with Gasteiger partial charge in [0, 0.05) is 0 Å². The third kappa shape index (κ3) is 3.66. The molecule has 1 nitrogen and oxygen atoms in total. The molecule has 4 aliphatic carbocycles. The Labute approximate surface area is 181 Å². The number of aliphatic hydroxyl groups excluding tert-OH is 1. The molecular formula is C28H48O. The van der Waals surface area contributed by atoms with Crippen LogP contribution >= 0.6 is 0 Å². The van der Waals surface area contributed by atoms with Crippen LogP contribution in [0.4, 0.5) is 0 Å². The van der Waals surface area contributed by atoms with Crippen molar-refractivity contribution < 1.29 is 5.11 Å². The van der Waals surface area contributed by atoms with Gasteiger partial charge in [-0.25, -0.2) is 0 Å². The van der Waals surface area contributed by atoms with Crippen molar-refractivity contribution in [1.82, 2.24) is 0 Å². The van der Waals surface area contributed by atoms with E-state index in [-0.39, 0.29) is 6.10 Å². The van der Waals surface area contributed by atoms with E-state index in [2.05, 4.69) is 47.6 Å². The first kappa shape index (κ1) is 21.9. The minimum atomic E-state index is -0.0790. The van der Waals surface area contributed by atoms with Gasteiger partial charge in [0.15, 0.2) is 0 Å². The second-order valence-corrected chi connectivity index (χ2v) is 12.7. The lowest BCUT2D eigenvalue weighted by Crippen LogP contribution is -2.50. The molecule has 0 amide bonds. The summed E-state index contributed by atoms with van der Waals surface area (Å²) < 4.78 is 0. The van der Waals surface area contributed by atoms with Crippen LogP contribution in [-0.4, -0.2) is 11.2 Å². The monoisotopic (exact) mass is 400 g/mol. The number of allylic oxidation sites excluding steroid dienone is 1. The third-order valence-electron chi connectivity index (χ3n) is 11.1. The predicted octanol–water partition coefficient (Wildman–Crippen LogP) is 7.63. The summed E-state index contributed by atoms with van der Waals surface area (Å²) >= 11 is 0. The first-order chi connectivity index (χ1) is 13.7. The molecule has 0 aromatic rings. The Morgan fingerprint density at radius 1 is 0.966 bits per heavy atom. The normalized spacial score (nSPS) is 46.5. The van der Waals surface area contributed by atoms with E-state index in [1.807, 2.05) is 0 Å². The summed E-state index contributed by atoms with van der Waals surface area (Å²) in [6.07, 6.45) is 15.7. The molecule has 3 fully saturated rings. The zero-order valence-corrected chi connectivity index (χ0v) is 20.2. The highest BCUT2D eigenvalue weighted by molar-refractivity contribution is 5.25. The molecule has 0 spiro atoms. The average Bonchev–Trinajstić information content (AvgIpc) is 3.03. The summed E-state index contributed by atoms with van der Waals surface area (Å²) in [5.74, 6) is 6.24. The predicted molar refractivity (Wildman–Crippen MR) is 124 cm³/mol. The van der Waals surface area contributed by atoms with Crippen LogP contribution in [0.2, 0.25) is 0 Å². The Kier molecular flexibility index (Phi) is 6.04. The van der Waals surface area contributed by atoms with Gasteiger partial charge in [-0.2, -0.15) is 0 Å². The zero-order valence-electron chi connectivity index (χ0n) is 20.2. The van der Waals surface area contributed by atoms with Crippen LogP contribution in [0.15, 0.2) is 11.6 Å². The molecule has 9 atom stereocenters. The van der Waals surface area contributed by atoms with Gasteiger partial charge in [-0.15, -0.1) is 0 Å². The summed E-state index contributed by atoms with van der Waals surface area (Å²) in [7, 11) is 0. The van der Waals surface area contributed by atoms with Crippen molar-refractivity contribution in [1.29, 1.82) is 0 Å². The summed E-state index contributed by atoms with van der Waals surface area (Å²) in [6, 6.07) is 0. The van der Waals surface area contributed by atoms with Gasteiger partial charge in [0.2, 0.25) is 0 Å². The fraction of sp³-hybridized carbons (Fsp3) is 0.929. The van der Waals surface area contributed by atoms with E-state index in [0.29, 0.717) is 10.8 Å². The van der Waals surface area contributed by atoms with E-state index >= 15 is 0 Å². The van der Waals surface area contributed by atoms with Gasteiger partial charge in [0.1, 0.15) is 0 Å². The topological polar surface area (TPSA) is 20.2 Å². The fourth-order valence-corrected chi connectivity index (χ4v) is 8.68. The van der Waals surface area contributed by atoms with E-state index in [0.717, 1.165) is 54.3 Å². The Balaban J connectivity index is 1.49. The summed E-state index contributed by atoms with van der Waals surface area (Å²) in [6.45, 7) is 15.1. The lowest BCUT2D eigenvalue weighted by molar-refractivity contribution is -0.0574. The van der Waals surface area contributed by atoms with Crippen LogP contribution in [0.5, 0.6) is 0 Å². The van der Waals surface area contributed by atoms with Crippen molar-refractivity contribution in [3.05, 3.63) is 11.6 Å². The van der Waals surface area contributed by atoms with Crippen molar-refractivity contribution in [3.63, 3.8) is 0 Å². The number of hydrogen-bond donors (Lipinski definition) is 1. The number of hydrogen-bond acceptors (Lipinski definition) is 1. The standard InChI is InChI=1S/C28H48O/c1-18(2)19(3)7-8-20(4)24-11-12-25-23-10-9-21-17-22(29)13-15-27(21,5)26(23)14-16-28(24,25)6/h9,18-20,22-26,29H,7-8,10-17H2,1-6H3/t19-,20-,22+,23?,24?,25?,26?,27?,28-/m1/s1. The highest BCUT2D eigenvalue weighted by Gasteiger charge is 2.59. The maximum absolute atomic E-state index is 10.2. The lowest BCUT2D eigenvalue weighted by atomic mass is 9.47. The van der Waals surface area contributed by atoms with Gasteiger partial charge in [-0.1, -0.05) is 66.0 Å². The van der Waals surface area contributed by atoms with Crippen molar-refractivity contribution in [2.45, 2.75) is 112 Å². The van der Waals surface area contributed by atoms with Crippen LogP contribution in [0.1, 0.15) is 106 Å². The van der Waals surface area contributed by atoms with Gasteiger partial charge in [0.05, 0.1) is 6.10 Å². The summed E-state index contributed by atoms with van der Waals surface area (Å²) in [5.41, 5.74) is 2.59. The van der Waals surface area contributed by atoms with Gasteiger partial charge in [0.25, 0.3) is 0 Å². The Hall–Kier alpha value is -0.300. The minimum absolute atomic E-state index is 0.0790. The molecule has 4 rings (SSSR count). The second-order valence-electron chi connectivity index (χ2n) is 12.7. The number of aliphatic hydroxyl groups is 1. The molecule has 29 heavy (non-hydrogen) atoms. The van der Waals surface area contributed by atoms with Crippen LogP contribution in [0.3, 0.4) is 0 Å². The first-order valence-electron chi connectivity index (χ1n) is 13.0. The molecule has 5 unspecified atom stereocenters. The number of fused-ring (bicyclic) bond motifs is 5. The Bertz CT molecular complexity index is 620.